The quantitative estimate of drug-likeness (QED) is 0.286. The van der Waals surface area contributed by atoms with Crippen molar-refractivity contribution in [2.75, 3.05) is 19.0 Å². The molecule has 0 N–H and O–H groups in total. The van der Waals surface area contributed by atoms with Crippen LogP contribution in [0.1, 0.15) is 85.0 Å². The highest BCUT2D eigenvalue weighted by Crippen LogP contribution is 2.11. The van der Waals surface area contributed by atoms with Crippen LogP contribution in [0.4, 0.5) is 0 Å². The molecule has 0 aliphatic rings. The molecule has 0 aliphatic heterocycles. The molecule has 0 unspecified atom stereocenters. The Kier molecular flexibility index (Phi) is 14.8. The van der Waals surface area contributed by atoms with Crippen LogP contribution in [0.2, 0.25) is 0 Å². The lowest BCUT2D eigenvalue weighted by molar-refractivity contribution is 0.229. The maximum Gasteiger partial charge on any atom is 0.0351 e. The summed E-state index contributed by atoms with van der Waals surface area (Å²) in [6.07, 6.45) is 14.1. The summed E-state index contributed by atoms with van der Waals surface area (Å²) >= 11 is 5.83. The minimum atomic E-state index is 0.636. The van der Waals surface area contributed by atoms with Gasteiger partial charge in [-0.2, -0.15) is 0 Å². The van der Waals surface area contributed by atoms with E-state index in [1.54, 1.807) is 0 Å². The van der Waals surface area contributed by atoms with Gasteiger partial charge in [0.05, 0.1) is 0 Å². The number of alkyl halides is 1. The number of unbranched alkanes of at least 4 members (excludes halogenated alkanes) is 9. The Labute approximate surface area is 127 Å². The van der Waals surface area contributed by atoms with Gasteiger partial charge in [-0.1, -0.05) is 64.7 Å². The second-order valence-electron chi connectivity index (χ2n) is 6.00. The normalized spacial score (nSPS) is 11.7. The molecule has 0 spiro atoms. The Morgan fingerprint density at radius 1 is 0.737 bits per heavy atom. The van der Waals surface area contributed by atoms with Gasteiger partial charge in [0.1, 0.15) is 0 Å². The summed E-state index contributed by atoms with van der Waals surface area (Å²) in [5.74, 6) is 0.760. The first-order chi connectivity index (χ1) is 9.22. The van der Waals surface area contributed by atoms with E-state index in [-0.39, 0.29) is 0 Å². The minimum absolute atomic E-state index is 0.636. The molecule has 0 bridgehead atoms. The van der Waals surface area contributed by atoms with Gasteiger partial charge in [-0.15, -0.1) is 11.6 Å². The topological polar surface area (TPSA) is 3.24 Å². The zero-order valence-electron chi connectivity index (χ0n) is 13.6. The molecule has 1 nitrogen and oxygen atoms in total. The third-order valence-corrected chi connectivity index (χ3v) is 4.07. The molecule has 0 rings (SSSR count). The summed E-state index contributed by atoms with van der Waals surface area (Å²) in [6, 6.07) is 0.636. The predicted molar refractivity (Wildman–Crippen MR) is 89.3 cm³/mol. The first-order valence-corrected chi connectivity index (χ1v) is 9.05. The van der Waals surface area contributed by atoms with Crippen LogP contribution in [0.3, 0.4) is 0 Å². The van der Waals surface area contributed by atoms with Crippen LogP contribution in [0.15, 0.2) is 0 Å². The van der Waals surface area contributed by atoms with Crippen molar-refractivity contribution in [1.29, 1.82) is 0 Å². The highest BCUT2D eigenvalue weighted by atomic mass is 35.5. The number of halogens is 1. The van der Waals surface area contributed by atoms with E-state index >= 15 is 0 Å². The van der Waals surface area contributed by atoms with Crippen molar-refractivity contribution >= 4 is 11.6 Å². The number of hydrogen-bond donors (Lipinski definition) is 0. The Hall–Kier alpha value is 0.250. The second-order valence-corrected chi connectivity index (χ2v) is 6.38. The molecule has 116 valence electrons. The van der Waals surface area contributed by atoms with E-state index in [0.29, 0.717) is 6.04 Å². The molecule has 0 fully saturated rings. The first-order valence-electron chi connectivity index (χ1n) is 8.52. The molecule has 0 saturated heterocycles. The monoisotopic (exact) mass is 289 g/mol. The van der Waals surface area contributed by atoms with Crippen molar-refractivity contribution in [3.8, 4) is 0 Å². The third-order valence-electron chi connectivity index (χ3n) is 3.90. The molecule has 0 aromatic carbocycles. The van der Waals surface area contributed by atoms with Crippen LogP contribution in [-0.4, -0.2) is 29.9 Å². The highest BCUT2D eigenvalue weighted by molar-refractivity contribution is 6.18. The molecule has 2 heteroatoms. The van der Waals surface area contributed by atoms with Gasteiger partial charge in [0, 0.05) is 18.5 Å². The van der Waals surface area contributed by atoms with Gasteiger partial charge in [-0.05, 0) is 26.8 Å². The van der Waals surface area contributed by atoms with Crippen LogP contribution >= 0.6 is 11.6 Å². The van der Waals surface area contributed by atoms with Gasteiger partial charge in [-0.25, -0.2) is 0 Å². The SMILES string of the molecule is CCCCCCCCCCCCN(CCCl)C(C)C. The Morgan fingerprint density at radius 2 is 1.21 bits per heavy atom. The lowest BCUT2D eigenvalue weighted by atomic mass is 10.1. The van der Waals surface area contributed by atoms with E-state index in [1.807, 2.05) is 0 Å². The van der Waals surface area contributed by atoms with Gasteiger partial charge >= 0.3 is 0 Å². The van der Waals surface area contributed by atoms with Crippen LogP contribution < -0.4 is 0 Å². The molecule has 0 aromatic heterocycles. The summed E-state index contributed by atoms with van der Waals surface area (Å²) in [7, 11) is 0. The van der Waals surface area contributed by atoms with E-state index in [1.165, 1.54) is 70.8 Å². The van der Waals surface area contributed by atoms with Crippen molar-refractivity contribution < 1.29 is 0 Å². The van der Waals surface area contributed by atoms with Gasteiger partial charge in [-0.3, -0.25) is 4.90 Å². The summed E-state index contributed by atoms with van der Waals surface area (Å²) < 4.78 is 0. The maximum atomic E-state index is 5.83. The minimum Gasteiger partial charge on any atom is -0.300 e. The van der Waals surface area contributed by atoms with E-state index in [9.17, 15) is 0 Å². The standard InChI is InChI=1S/C17H36ClN/c1-4-5-6-7-8-9-10-11-12-13-15-19(16-14-18)17(2)3/h17H,4-16H2,1-3H3. The van der Waals surface area contributed by atoms with Crippen LogP contribution in [0, 0.1) is 0 Å². The molecule has 0 heterocycles. The zero-order valence-corrected chi connectivity index (χ0v) is 14.4. The Bertz CT molecular complexity index is 171. The molecule has 0 saturated carbocycles. The van der Waals surface area contributed by atoms with Crippen molar-refractivity contribution in [2.45, 2.75) is 91.0 Å². The van der Waals surface area contributed by atoms with Gasteiger partial charge in [0.15, 0.2) is 0 Å². The smallest absolute Gasteiger partial charge is 0.0351 e. The van der Waals surface area contributed by atoms with E-state index in [2.05, 4.69) is 25.7 Å². The third kappa shape index (κ3) is 13.0. The van der Waals surface area contributed by atoms with Crippen molar-refractivity contribution in [3.05, 3.63) is 0 Å². The highest BCUT2D eigenvalue weighted by Gasteiger charge is 2.07. The van der Waals surface area contributed by atoms with Crippen molar-refractivity contribution in [1.82, 2.24) is 4.90 Å². The van der Waals surface area contributed by atoms with Gasteiger partial charge < -0.3 is 0 Å². The lowest BCUT2D eigenvalue weighted by Gasteiger charge is -2.25. The molecule has 0 amide bonds. The number of nitrogens with zero attached hydrogens (tertiary/aromatic N) is 1. The molecule has 0 aromatic rings. The Morgan fingerprint density at radius 3 is 1.63 bits per heavy atom. The molecule has 19 heavy (non-hydrogen) atoms. The predicted octanol–water partition coefficient (Wildman–Crippen LogP) is 5.86. The van der Waals surface area contributed by atoms with E-state index in [0.717, 1.165) is 12.4 Å². The number of rotatable bonds is 14. The summed E-state index contributed by atoms with van der Waals surface area (Å²) in [4.78, 5) is 2.50. The summed E-state index contributed by atoms with van der Waals surface area (Å²) in [5.41, 5.74) is 0. The van der Waals surface area contributed by atoms with Crippen molar-refractivity contribution in [3.63, 3.8) is 0 Å². The second kappa shape index (κ2) is 14.7. The summed E-state index contributed by atoms with van der Waals surface area (Å²) in [6.45, 7) is 9.08. The van der Waals surface area contributed by atoms with E-state index in [4.69, 9.17) is 11.6 Å². The van der Waals surface area contributed by atoms with E-state index < -0.39 is 0 Å². The first kappa shape index (κ1) is 19.2. The molecular weight excluding hydrogens is 254 g/mol. The largest absolute Gasteiger partial charge is 0.300 e. The zero-order chi connectivity index (χ0) is 14.3. The van der Waals surface area contributed by atoms with Crippen LogP contribution in [0.5, 0.6) is 0 Å². The fourth-order valence-electron chi connectivity index (χ4n) is 2.54. The maximum absolute atomic E-state index is 5.83. The fraction of sp³-hybridized carbons (Fsp3) is 1.00. The van der Waals surface area contributed by atoms with Crippen LogP contribution in [-0.2, 0) is 0 Å². The average molecular weight is 290 g/mol. The van der Waals surface area contributed by atoms with Gasteiger partial charge in [0.2, 0.25) is 0 Å². The van der Waals surface area contributed by atoms with Crippen LogP contribution in [0.25, 0.3) is 0 Å². The number of hydrogen-bond acceptors (Lipinski definition) is 1. The summed E-state index contributed by atoms with van der Waals surface area (Å²) in [5, 5.41) is 0. The van der Waals surface area contributed by atoms with Gasteiger partial charge in [0.25, 0.3) is 0 Å². The Balaban J connectivity index is 3.25. The molecule has 0 aliphatic carbocycles. The molecular formula is C17H36ClN. The average Bonchev–Trinajstić information content (AvgIpc) is 2.39. The fourth-order valence-corrected chi connectivity index (χ4v) is 2.76. The molecule has 0 radical (unpaired) electrons. The lowest BCUT2D eigenvalue weighted by Crippen LogP contribution is -2.33. The van der Waals surface area contributed by atoms with Crippen molar-refractivity contribution in [2.24, 2.45) is 0 Å². The molecule has 0 atom stereocenters.